The third-order valence-electron chi connectivity index (χ3n) is 3.14. The van der Waals surface area contributed by atoms with Gasteiger partial charge in [-0.1, -0.05) is 13.3 Å². The summed E-state index contributed by atoms with van der Waals surface area (Å²) in [7, 11) is 0. The number of aliphatic hydroxyl groups excluding tert-OH is 1. The Hall–Kier alpha value is -1.01. The molecule has 0 aliphatic carbocycles. The Balaban J connectivity index is 2.56. The van der Waals surface area contributed by atoms with Gasteiger partial charge in [-0.2, -0.15) is 0 Å². The summed E-state index contributed by atoms with van der Waals surface area (Å²) in [6, 6.07) is 0. The molecule has 1 aliphatic rings. The van der Waals surface area contributed by atoms with Crippen molar-refractivity contribution in [2.45, 2.75) is 45.4 Å². The van der Waals surface area contributed by atoms with Gasteiger partial charge in [0.1, 0.15) is 6.42 Å². The molecule has 1 heterocycles. The van der Waals surface area contributed by atoms with Gasteiger partial charge in [-0.25, -0.2) is 0 Å². The van der Waals surface area contributed by atoms with E-state index in [9.17, 15) is 9.59 Å². The zero-order chi connectivity index (χ0) is 14.3. The van der Waals surface area contributed by atoms with Gasteiger partial charge in [0.25, 0.3) is 0 Å². The fraction of sp³-hybridized carbons (Fsp3) is 0.769. The minimum Gasteiger partial charge on any atom is -0.396 e. The molecule has 0 spiro atoms. The third-order valence-corrected chi connectivity index (χ3v) is 3.58. The molecule has 1 rings (SSSR count). The van der Waals surface area contributed by atoms with Crippen molar-refractivity contribution in [2.75, 3.05) is 19.7 Å². The van der Waals surface area contributed by atoms with Gasteiger partial charge < -0.3 is 5.11 Å². The number of unbranched alkanes of at least 4 members (excludes halogenated alkanes) is 3. The number of thiocarbonyl (C=S) groups is 1. The van der Waals surface area contributed by atoms with Crippen LogP contribution >= 0.6 is 12.2 Å². The largest absolute Gasteiger partial charge is 0.396 e. The molecule has 1 fully saturated rings. The number of nitrogens with zero attached hydrogens (tertiary/aromatic N) is 2. The smallest absolute Gasteiger partial charge is 0.238 e. The molecule has 108 valence electrons. The number of aliphatic hydroxyl groups is 1. The van der Waals surface area contributed by atoms with Gasteiger partial charge in [0, 0.05) is 19.7 Å². The minimum atomic E-state index is -0.202. The number of hydrogen-bond acceptors (Lipinski definition) is 4. The van der Waals surface area contributed by atoms with E-state index in [0.29, 0.717) is 18.2 Å². The predicted molar refractivity (Wildman–Crippen MR) is 76.5 cm³/mol. The van der Waals surface area contributed by atoms with E-state index in [1.165, 1.54) is 4.90 Å². The molecule has 1 saturated heterocycles. The normalized spacial score (nSPS) is 16.4. The van der Waals surface area contributed by atoms with E-state index in [2.05, 4.69) is 6.92 Å². The van der Waals surface area contributed by atoms with Gasteiger partial charge in [-0.15, -0.1) is 0 Å². The lowest BCUT2D eigenvalue weighted by molar-refractivity contribution is -0.140. The van der Waals surface area contributed by atoms with Gasteiger partial charge >= 0.3 is 0 Å². The Morgan fingerprint density at radius 2 is 1.63 bits per heavy atom. The van der Waals surface area contributed by atoms with Crippen LogP contribution in [-0.2, 0) is 9.59 Å². The molecule has 0 bridgehead atoms. The van der Waals surface area contributed by atoms with Gasteiger partial charge in [-0.3, -0.25) is 19.4 Å². The summed E-state index contributed by atoms with van der Waals surface area (Å²) in [5.74, 6) is -0.387. The van der Waals surface area contributed by atoms with Crippen LogP contribution in [0.2, 0.25) is 0 Å². The van der Waals surface area contributed by atoms with Crippen molar-refractivity contribution >= 4 is 29.1 Å². The van der Waals surface area contributed by atoms with Crippen molar-refractivity contribution in [1.29, 1.82) is 0 Å². The van der Waals surface area contributed by atoms with E-state index in [4.69, 9.17) is 17.3 Å². The molecule has 0 aromatic heterocycles. The Kier molecular flexibility index (Phi) is 6.94. The first-order valence-electron chi connectivity index (χ1n) is 6.87. The lowest BCUT2D eigenvalue weighted by Gasteiger charge is -2.35. The Bertz CT molecular complexity index is 347. The SMILES string of the molecule is CCCCN1C(=O)CC(=O)N(CCCCCO)C1=S. The van der Waals surface area contributed by atoms with E-state index in [1.807, 2.05) is 0 Å². The van der Waals surface area contributed by atoms with Gasteiger partial charge in [0.2, 0.25) is 11.8 Å². The van der Waals surface area contributed by atoms with Crippen molar-refractivity contribution in [2.24, 2.45) is 0 Å². The summed E-state index contributed by atoms with van der Waals surface area (Å²) in [4.78, 5) is 26.7. The molecule has 0 saturated carbocycles. The lowest BCUT2D eigenvalue weighted by atomic mass is 10.2. The molecular formula is C13H22N2O3S. The van der Waals surface area contributed by atoms with E-state index >= 15 is 0 Å². The fourth-order valence-electron chi connectivity index (χ4n) is 1.99. The second-order valence-electron chi connectivity index (χ2n) is 4.69. The summed E-state index contributed by atoms with van der Waals surface area (Å²) in [6.45, 7) is 3.34. The maximum Gasteiger partial charge on any atom is 0.238 e. The number of amides is 2. The van der Waals surface area contributed by atoms with E-state index in [0.717, 1.165) is 32.1 Å². The molecule has 5 nitrogen and oxygen atoms in total. The minimum absolute atomic E-state index is 0.0795. The van der Waals surface area contributed by atoms with Crippen LogP contribution in [0.15, 0.2) is 0 Å². The standard InChI is InChI=1S/C13H22N2O3S/c1-2-3-7-14-11(17)10-12(18)15(13(14)19)8-5-4-6-9-16/h16H,2-10H2,1H3. The van der Waals surface area contributed by atoms with E-state index in [1.54, 1.807) is 4.90 Å². The number of rotatable bonds is 8. The topological polar surface area (TPSA) is 60.9 Å². The van der Waals surface area contributed by atoms with Crippen molar-refractivity contribution < 1.29 is 14.7 Å². The molecule has 0 atom stereocenters. The first-order chi connectivity index (χ1) is 9.11. The van der Waals surface area contributed by atoms with Crippen LogP contribution in [0.5, 0.6) is 0 Å². The molecule has 1 aliphatic heterocycles. The summed E-state index contributed by atoms with van der Waals surface area (Å²) in [5, 5.41) is 9.07. The number of carbonyl (C=O) groups excluding carboxylic acids is 2. The monoisotopic (exact) mass is 286 g/mol. The Morgan fingerprint density at radius 3 is 2.16 bits per heavy atom. The summed E-state index contributed by atoms with van der Waals surface area (Å²) in [6.07, 6.45) is 4.17. The fourth-order valence-corrected chi connectivity index (χ4v) is 2.38. The Labute approximate surface area is 119 Å². The molecule has 0 aromatic rings. The summed E-state index contributed by atoms with van der Waals surface area (Å²) < 4.78 is 0. The van der Waals surface area contributed by atoms with Crippen LogP contribution in [0.3, 0.4) is 0 Å². The maximum atomic E-state index is 11.8. The zero-order valence-corrected chi connectivity index (χ0v) is 12.2. The molecule has 2 amide bonds. The highest BCUT2D eigenvalue weighted by Gasteiger charge is 2.33. The van der Waals surface area contributed by atoms with Crippen molar-refractivity contribution in [1.82, 2.24) is 9.80 Å². The Morgan fingerprint density at radius 1 is 1.05 bits per heavy atom. The number of hydrogen-bond donors (Lipinski definition) is 1. The summed E-state index contributed by atoms with van der Waals surface area (Å²) in [5.41, 5.74) is 0. The molecule has 6 heteroatoms. The molecule has 19 heavy (non-hydrogen) atoms. The molecule has 0 unspecified atom stereocenters. The first kappa shape index (κ1) is 16.0. The predicted octanol–water partition coefficient (Wildman–Crippen LogP) is 1.29. The molecule has 0 radical (unpaired) electrons. The van der Waals surface area contributed by atoms with Crippen molar-refractivity contribution in [3.8, 4) is 0 Å². The van der Waals surface area contributed by atoms with Crippen LogP contribution in [0, 0.1) is 0 Å². The van der Waals surface area contributed by atoms with Crippen LogP contribution in [0.25, 0.3) is 0 Å². The zero-order valence-electron chi connectivity index (χ0n) is 11.4. The molecular weight excluding hydrogens is 264 g/mol. The highest BCUT2D eigenvalue weighted by atomic mass is 32.1. The van der Waals surface area contributed by atoms with Crippen LogP contribution in [0.4, 0.5) is 0 Å². The molecule has 0 aromatic carbocycles. The maximum absolute atomic E-state index is 11.8. The van der Waals surface area contributed by atoms with Gasteiger partial charge in [0.05, 0.1) is 0 Å². The van der Waals surface area contributed by atoms with Crippen molar-refractivity contribution in [3.63, 3.8) is 0 Å². The van der Waals surface area contributed by atoms with Crippen LogP contribution < -0.4 is 0 Å². The van der Waals surface area contributed by atoms with Gasteiger partial charge in [-0.05, 0) is 37.9 Å². The third kappa shape index (κ3) is 4.54. The lowest BCUT2D eigenvalue weighted by Crippen LogP contribution is -2.55. The first-order valence-corrected chi connectivity index (χ1v) is 7.28. The van der Waals surface area contributed by atoms with E-state index in [-0.39, 0.29) is 24.8 Å². The van der Waals surface area contributed by atoms with Crippen molar-refractivity contribution in [3.05, 3.63) is 0 Å². The quantitative estimate of drug-likeness (QED) is 0.415. The van der Waals surface area contributed by atoms with Crippen LogP contribution in [-0.4, -0.2) is 51.5 Å². The summed E-state index contributed by atoms with van der Waals surface area (Å²) >= 11 is 5.25. The second kappa shape index (κ2) is 8.22. The average Bonchev–Trinajstić information content (AvgIpc) is 2.37. The highest BCUT2D eigenvalue weighted by Crippen LogP contribution is 2.14. The number of carbonyl (C=O) groups is 2. The second-order valence-corrected chi connectivity index (χ2v) is 5.05. The average molecular weight is 286 g/mol. The van der Waals surface area contributed by atoms with E-state index < -0.39 is 0 Å². The van der Waals surface area contributed by atoms with Gasteiger partial charge in [0.15, 0.2) is 5.11 Å². The highest BCUT2D eigenvalue weighted by molar-refractivity contribution is 7.80. The van der Waals surface area contributed by atoms with Crippen LogP contribution in [0.1, 0.15) is 45.4 Å². The molecule has 1 N–H and O–H groups in total.